The molecule has 0 fully saturated rings. The van der Waals surface area contributed by atoms with Crippen LogP contribution in [0.2, 0.25) is 5.02 Å². The van der Waals surface area contributed by atoms with Crippen molar-refractivity contribution in [3.63, 3.8) is 0 Å². The highest BCUT2D eigenvalue weighted by Gasteiger charge is 2.27. The average Bonchev–Trinajstić information content (AvgIpc) is 2.64. The monoisotopic (exact) mass is 375 g/mol. The van der Waals surface area contributed by atoms with Crippen LogP contribution < -0.4 is 10.1 Å². The van der Waals surface area contributed by atoms with Crippen LogP contribution in [0.1, 0.15) is 29.8 Å². The fraction of sp³-hybridized carbons (Fsp3) is 0.300. The molecule has 0 radical (unpaired) electrons. The molecule has 2 rings (SSSR count). The molecule has 0 saturated carbocycles. The third-order valence-corrected chi connectivity index (χ3v) is 4.22. The van der Waals surface area contributed by atoms with Gasteiger partial charge in [0, 0.05) is 5.56 Å². The van der Waals surface area contributed by atoms with Gasteiger partial charge in [0.05, 0.1) is 17.7 Å². The van der Waals surface area contributed by atoms with Crippen molar-refractivity contribution in [1.82, 2.24) is 5.32 Å². The number of para-hydroxylation sites is 1. The Balaban J connectivity index is 2.05. The zero-order valence-electron chi connectivity index (χ0n) is 15.0. The molecule has 0 aromatic heterocycles. The van der Waals surface area contributed by atoms with E-state index in [0.717, 1.165) is 5.56 Å². The van der Waals surface area contributed by atoms with Crippen LogP contribution in [0.4, 0.5) is 0 Å². The number of esters is 1. The second-order valence-electron chi connectivity index (χ2n) is 6.09. The first-order chi connectivity index (χ1) is 12.4. The van der Waals surface area contributed by atoms with E-state index in [2.05, 4.69) is 5.32 Å². The number of carbonyl (C=O) groups excluding carboxylic acids is 2. The molecule has 0 aliphatic carbocycles. The molecule has 2 aromatic rings. The highest BCUT2D eigenvalue weighted by Crippen LogP contribution is 2.19. The molecule has 0 spiro atoms. The molecule has 1 atom stereocenters. The van der Waals surface area contributed by atoms with E-state index in [9.17, 15) is 9.59 Å². The van der Waals surface area contributed by atoms with Crippen LogP contribution in [0.25, 0.3) is 0 Å². The molecule has 0 aliphatic rings. The van der Waals surface area contributed by atoms with E-state index in [1.165, 1.54) is 0 Å². The van der Waals surface area contributed by atoms with Gasteiger partial charge in [-0.2, -0.15) is 0 Å². The van der Waals surface area contributed by atoms with Crippen LogP contribution in [0.5, 0.6) is 5.75 Å². The summed E-state index contributed by atoms with van der Waals surface area (Å²) in [7, 11) is 1.56. The Labute approximate surface area is 158 Å². The largest absolute Gasteiger partial charge is 0.496 e. The molecule has 6 heteroatoms. The van der Waals surface area contributed by atoms with Crippen molar-refractivity contribution in [2.75, 3.05) is 7.11 Å². The summed E-state index contributed by atoms with van der Waals surface area (Å²) in [5.41, 5.74) is 1.07. The summed E-state index contributed by atoms with van der Waals surface area (Å²) in [6.07, 6.45) is 0. The van der Waals surface area contributed by atoms with Gasteiger partial charge in [0.2, 0.25) is 0 Å². The lowest BCUT2D eigenvalue weighted by Gasteiger charge is -2.21. The molecule has 1 unspecified atom stereocenters. The summed E-state index contributed by atoms with van der Waals surface area (Å²) in [5.74, 6) is -0.428. The minimum atomic E-state index is -0.784. The Morgan fingerprint density at radius 2 is 1.73 bits per heavy atom. The number of hydrogen-bond donors (Lipinski definition) is 1. The van der Waals surface area contributed by atoms with Crippen LogP contribution in [0, 0.1) is 5.92 Å². The fourth-order valence-electron chi connectivity index (χ4n) is 2.42. The Kier molecular flexibility index (Phi) is 7.04. The molecule has 0 bridgehead atoms. The SMILES string of the molecule is COc1ccccc1COC(=O)C(NC(=O)c1ccccc1Cl)C(C)C. The van der Waals surface area contributed by atoms with Crippen molar-refractivity contribution >= 4 is 23.5 Å². The summed E-state index contributed by atoms with van der Waals surface area (Å²) < 4.78 is 10.6. The number of ether oxygens (including phenoxy) is 2. The molecule has 1 N–H and O–H groups in total. The van der Waals surface area contributed by atoms with Gasteiger partial charge >= 0.3 is 5.97 Å². The minimum absolute atomic E-state index is 0.0635. The lowest BCUT2D eigenvalue weighted by atomic mass is 10.0. The molecule has 5 nitrogen and oxygen atoms in total. The molecule has 0 heterocycles. The second-order valence-corrected chi connectivity index (χ2v) is 6.50. The first kappa shape index (κ1) is 19.8. The molecular formula is C20H22ClNO4. The van der Waals surface area contributed by atoms with Crippen LogP contribution >= 0.6 is 11.6 Å². The first-order valence-corrected chi connectivity index (χ1v) is 8.65. The Bertz CT molecular complexity index is 776. The number of amides is 1. The van der Waals surface area contributed by atoms with E-state index < -0.39 is 17.9 Å². The van der Waals surface area contributed by atoms with Gasteiger partial charge in [-0.05, 0) is 24.1 Å². The minimum Gasteiger partial charge on any atom is -0.496 e. The molecule has 0 aliphatic heterocycles. The van der Waals surface area contributed by atoms with Crippen molar-refractivity contribution in [3.8, 4) is 5.75 Å². The molecule has 1 amide bonds. The van der Waals surface area contributed by atoms with Crippen molar-refractivity contribution in [3.05, 3.63) is 64.7 Å². The van der Waals surface area contributed by atoms with Gasteiger partial charge < -0.3 is 14.8 Å². The van der Waals surface area contributed by atoms with Gasteiger partial charge in [-0.25, -0.2) is 4.79 Å². The molecule has 26 heavy (non-hydrogen) atoms. The summed E-state index contributed by atoms with van der Waals surface area (Å²) in [6.45, 7) is 3.73. The predicted molar refractivity (Wildman–Crippen MR) is 100 cm³/mol. The third kappa shape index (κ3) is 4.99. The lowest BCUT2D eigenvalue weighted by molar-refractivity contribution is -0.148. The summed E-state index contributed by atoms with van der Waals surface area (Å²) in [5, 5.41) is 3.04. The molecule has 138 valence electrons. The topological polar surface area (TPSA) is 64.6 Å². The Hall–Kier alpha value is -2.53. The number of methoxy groups -OCH3 is 1. The van der Waals surface area contributed by atoms with Gasteiger partial charge in [0.1, 0.15) is 18.4 Å². The lowest BCUT2D eigenvalue weighted by Crippen LogP contribution is -2.45. The maximum atomic E-state index is 12.5. The summed E-state index contributed by atoms with van der Waals surface area (Å²) in [6, 6.07) is 13.2. The van der Waals surface area contributed by atoms with Gasteiger partial charge in [0.15, 0.2) is 0 Å². The molecular weight excluding hydrogens is 354 g/mol. The van der Waals surface area contributed by atoms with Gasteiger partial charge in [0.25, 0.3) is 5.91 Å². The third-order valence-electron chi connectivity index (χ3n) is 3.89. The number of hydrogen-bond acceptors (Lipinski definition) is 4. The number of carbonyl (C=O) groups is 2. The van der Waals surface area contributed by atoms with Crippen LogP contribution in [-0.2, 0) is 16.1 Å². The fourth-order valence-corrected chi connectivity index (χ4v) is 2.64. The Morgan fingerprint density at radius 3 is 2.38 bits per heavy atom. The molecule has 0 saturated heterocycles. The smallest absolute Gasteiger partial charge is 0.329 e. The van der Waals surface area contributed by atoms with Crippen molar-refractivity contribution in [1.29, 1.82) is 0 Å². The van der Waals surface area contributed by atoms with E-state index in [4.69, 9.17) is 21.1 Å². The van der Waals surface area contributed by atoms with Crippen molar-refractivity contribution in [2.24, 2.45) is 5.92 Å². The quantitative estimate of drug-likeness (QED) is 0.746. The zero-order chi connectivity index (χ0) is 19.1. The van der Waals surface area contributed by atoms with Crippen LogP contribution in [0.15, 0.2) is 48.5 Å². The first-order valence-electron chi connectivity index (χ1n) is 8.28. The maximum absolute atomic E-state index is 12.5. The number of rotatable bonds is 7. The van der Waals surface area contributed by atoms with Gasteiger partial charge in [-0.15, -0.1) is 0 Å². The average molecular weight is 376 g/mol. The van der Waals surface area contributed by atoms with E-state index in [-0.39, 0.29) is 12.5 Å². The second kappa shape index (κ2) is 9.25. The summed E-state index contributed by atoms with van der Waals surface area (Å²) in [4.78, 5) is 24.9. The Morgan fingerprint density at radius 1 is 1.08 bits per heavy atom. The van der Waals surface area contributed by atoms with Crippen molar-refractivity contribution in [2.45, 2.75) is 26.5 Å². The highest BCUT2D eigenvalue weighted by molar-refractivity contribution is 6.33. The zero-order valence-corrected chi connectivity index (χ0v) is 15.7. The highest BCUT2D eigenvalue weighted by atomic mass is 35.5. The number of nitrogens with one attached hydrogen (secondary N) is 1. The van der Waals surface area contributed by atoms with Gasteiger partial charge in [-0.3, -0.25) is 4.79 Å². The predicted octanol–water partition coefficient (Wildman–Crippen LogP) is 3.85. The van der Waals surface area contributed by atoms with Crippen LogP contribution in [0.3, 0.4) is 0 Å². The maximum Gasteiger partial charge on any atom is 0.329 e. The van der Waals surface area contributed by atoms with Crippen molar-refractivity contribution < 1.29 is 19.1 Å². The number of halogens is 1. The van der Waals surface area contributed by atoms with E-state index >= 15 is 0 Å². The number of benzene rings is 2. The normalized spacial score (nSPS) is 11.7. The molecule has 2 aromatic carbocycles. The van der Waals surface area contributed by atoms with E-state index in [1.54, 1.807) is 37.4 Å². The van der Waals surface area contributed by atoms with E-state index in [1.807, 2.05) is 32.0 Å². The standard InChI is InChI=1S/C20H22ClNO4/c1-13(2)18(22-19(23)15-9-5-6-10-16(15)21)20(24)26-12-14-8-4-7-11-17(14)25-3/h4-11,13,18H,12H2,1-3H3,(H,22,23). The summed E-state index contributed by atoms with van der Waals surface area (Å²) >= 11 is 6.05. The van der Waals surface area contributed by atoms with E-state index in [0.29, 0.717) is 16.3 Å². The van der Waals surface area contributed by atoms with Crippen LogP contribution in [-0.4, -0.2) is 25.0 Å². The van der Waals surface area contributed by atoms with Gasteiger partial charge in [-0.1, -0.05) is 55.8 Å².